The molecule has 2 aliphatic rings. The van der Waals surface area contributed by atoms with Gasteiger partial charge in [-0.15, -0.1) is 11.3 Å². The number of amides is 2. The molecule has 1 aromatic carbocycles. The Kier molecular flexibility index (Phi) is 3.81. The van der Waals surface area contributed by atoms with Gasteiger partial charge in [-0.2, -0.15) is 0 Å². The standard InChI is InChI=1S/C18H21N3OS/c22-16(21-17-20-14-8-4-5-9-15(14)23-17)19-12-18(10-11-18)13-6-2-1-3-7-13/h1-3,6-7H,4-5,8-12H2,(H2,19,20,21,22). The van der Waals surface area contributed by atoms with Gasteiger partial charge in [0.1, 0.15) is 0 Å². The summed E-state index contributed by atoms with van der Waals surface area (Å²) in [6.07, 6.45) is 6.88. The fraction of sp³-hybridized carbons (Fsp3) is 0.444. The van der Waals surface area contributed by atoms with Crippen LogP contribution in [0.15, 0.2) is 30.3 Å². The van der Waals surface area contributed by atoms with Gasteiger partial charge < -0.3 is 5.32 Å². The third-order valence-corrected chi connectivity index (χ3v) is 5.97. The molecule has 0 radical (unpaired) electrons. The molecule has 4 rings (SSSR count). The number of nitrogens with one attached hydrogen (secondary N) is 2. The van der Waals surface area contributed by atoms with Crippen LogP contribution in [0.2, 0.25) is 0 Å². The molecule has 23 heavy (non-hydrogen) atoms. The lowest BCUT2D eigenvalue weighted by molar-refractivity contribution is 0.251. The van der Waals surface area contributed by atoms with Crippen molar-refractivity contribution in [1.29, 1.82) is 0 Å². The zero-order valence-corrected chi connectivity index (χ0v) is 13.9. The van der Waals surface area contributed by atoms with E-state index in [2.05, 4.69) is 39.9 Å². The highest BCUT2D eigenvalue weighted by molar-refractivity contribution is 7.15. The molecule has 0 spiro atoms. The van der Waals surface area contributed by atoms with E-state index < -0.39 is 0 Å². The summed E-state index contributed by atoms with van der Waals surface area (Å²) in [5.74, 6) is 0. The van der Waals surface area contributed by atoms with E-state index in [1.165, 1.54) is 29.0 Å². The van der Waals surface area contributed by atoms with Gasteiger partial charge in [-0.3, -0.25) is 5.32 Å². The van der Waals surface area contributed by atoms with Crippen LogP contribution in [0.25, 0.3) is 0 Å². The van der Waals surface area contributed by atoms with Crippen molar-refractivity contribution in [1.82, 2.24) is 10.3 Å². The van der Waals surface area contributed by atoms with E-state index in [1.807, 2.05) is 6.07 Å². The fourth-order valence-electron chi connectivity index (χ4n) is 3.31. The van der Waals surface area contributed by atoms with Gasteiger partial charge >= 0.3 is 6.03 Å². The van der Waals surface area contributed by atoms with Gasteiger partial charge in [0.2, 0.25) is 0 Å². The number of urea groups is 1. The third-order valence-electron chi connectivity index (χ3n) is 4.89. The molecule has 0 bridgehead atoms. The van der Waals surface area contributed by atoms with Gasteiger partial charge in [-0.25, -0.2) is 9.78 Å². The number of rotatable bonds is 4. The molecule has 0 unspecified atom stereocenters. The molecule has 2 aromatic rings. The Morgan fingerprint density at radius 1 is 1.17 bits per heavy atom. The molecule has 1 fully saturated rings. The molecular formula is C18H21N3OS. The number of hydrogen-bond donors (Lipinski definition) is 2. The number of nitrogens with zero attached hydrogens (tertiary/aromatic N) is 1. The first-order valence-electron chi connectivity index (χ1n) is 8.34. The Hall–Kier alpha value is -1.88. The van der Waals surface area contributed by atoms with Gasteiger partial charge in [-0.05, 0) is 44.1 Å². The molecule has 0 aliphatic heterocycles. The van der Waals surface area contributed by atoms with Crippen LogP contribution >= 0.6 is 11.3 Å². The lowest BCUT2D eigenvalue weighted by Crippen LogP contribution is -2.35. The van der Waals surface area contributed by atoms with Crippen LogP contribution in [0.5, 0.6) is 0 Å². The number of carbonyl (C=O) groups excluding carboxylic acids is 1. The lowest BCUT2D eigenvalue weighted by atomic mass is 9.96. The number of hydrogen-bond acceptors (Lipinski definition) is 3. The van der Waals surface area contributed by atoms with Gasteiger partial charge in [0.15, 0.2) is 5.13 Å². The second kappa shape index (κ2) is 5.96. The molecule has 2 aliphatic carbocycles. The summed E-state index contributed by atoms with van der Waals surface area (Å²) >= 11 is 1.63. The van der Waals surface area contributed by atoms with Crippen LogP contribution in [-0.4, -0.2) is 17.6 Å². The lowest BCUT2D eigenvalue weighted by Gasteiger charge is -2.16. The largest absolute Gasteiger partial charge is 0.337 e. The second-order valence-electron chi connectivity index (χ2n) is 6.55. The number of aromatic nitrogens is 1. The van der Waals surface area contributed by atoms with Crippen LogP contribution in [0.1, 0.15) is 41.8 Å². The summed E-state index contributed by atoms with van der Waals surface area (Å²) in [6, 6.07) is 10.3. The Morgan fingerprint density at radius 2 is 1.96 bits per heavy atom. The summed E-state index contributed by atoms with van der Waals surface area (Å²) in [5.41, 5.74) is 2.64. The number of aryl methyl sites for hydroxylation is 2. The highest BCUT2D eigenvalue weighted by Crippen LogP contribution is 2.47. The number of anilines is 1. The van der Waals surface area contributed by atoms with Crippen LogP contribution in [0.3, 0.4) is 0 Å². The second-order valence-corrected chi connectivity index (χ2v) is 7.63. The Labute approximate surface area is 140 Å². The minimum absolute atomic E-state index is 0.140. The predicted octanol–water partition coefficient (Wildman–Crippen LogP) is 3.88. The van der Waals surface area contributed by atoms with E-state index in [0.29, 0.717) is 6.54 Å². The highest BCUT2D eigenvalue weighted by Gasteiger charge is 2.44. The monoisotopic (exact) mass is 327 g/mol. The first-order valence-corrected chi connectivity index (χ1v) is 9.16. The number of carbonyl (C=O) groups is 1. The van der Waals surface area contributed by atoms with E-state index in [4.69, 9.17) is 0 Å². The van der Waals surface area contributed by atoms with Crippen molar-refractivity contribution in [3.8, 4) is 0 Å². The first-order chi connectivity index (χ1) is 11.3. The third kappa shape index (κ3) is 3.11. The summed E-state index contributed by atoms with van der Waals surface area (Å²) < 4.78 is 0. The number of thiazole rings is 1. The molecule has 0 atom stereocenters. The van der Waals surface area contributed by atoms with Crippen molar-refractivity contribution >= 4 is 22.5 Å². The van der Waals surface area contributed by atoms with Crippen molar-refractivity contribution < 1.29 is 4.79 Å². The Morgan fingerprint density at radius 3 is 2.70 bits per heavy atom. The molecule has 4 nitrogen and oxygen atoms in total. The van der Waals surface area contributed by atoms with Crippen LogP contribution in [0, 0.1) is 0 Å². The van der Waals surface area contributed by atoms with Crippen LogP contribution in [0.4, 0.5) is 9.93 Å². The minimum Gasteiger partial charge on any atom is -0.337 e. The average molecular weight is 327 g/mol. The Balaban J connectivity index is 1.35. The fourth-order valence-corrected chi connectivity index (χ4v) is 4.35. The summed E-state index contributed by atoms with van der Waals surface area (Å²) in [5, 5.41) is 6.67. The van der Waals surface area contributed by atoms with Gasteiger partial charge in [0, 0.05) is 16.8 Å². The van der Waals surface area contributed by atoms with Gasteiger partial charge in [0.25, 0.3) is 0 Å². The minimum atomic E-state index is -0.140. The summed E-state index contributed by atoms with van der Waals surface area (Å²) in [4.78, 5) is 18.1. The molecule has 1 aromatic heterocycles. The van der Waals surface area contributed by atoms with Gasteiger partial charge in [0.05, 0.1) is 5.69 Å². The van der Waals surface area contributed by atoms with Crippen LogP contribution < -0.4 is 10.6 Å². The maximum Gasteiger partial charge on any atom is 0.321 e. The highest BCUT2D eigenvalue weighted by atomic mass is 32.1. The van der Waals surface area contributed by atoms with Gasteiger partial charge in [-0.1, -0.05) is 30.3 Å². The van der Waals surface area contributed by atoms with E-state index in [1.54, 1.807) is 11.3 Å². The summed E-state index contributed by atoms with van der Waals surface area (Å²) in [7, 11) is 0. The molecule has 5 heteroatoms. The topological polar surface area (TPSA) is 54.0 Å². The normalized spacial score (nSPS) is 18.1. The summed E-state index contributed by atoms with van der Waals surface area (Å²) in [6.45, 7) is 0.688. The Bertz CT molecular complexity index is 683. The van der Waals surface area contributed by atoms with Crippen molar-refractivity contribution in [3.05, 3.63) is 46.5 Å². The van der Waals surface area contributed by atoms with Crippen molar-refractivity contribution in [2.75, 3.05) is 11.9 Å². The van der Waals surface area contributed by atoms with E-state index in [9.17, 15) is 4.79 Å². The number of benzene rings is 1. The molecule has 1 saturated carbocycles. The molecule has 1 heterocycles. The zero-order chi connectivity index (χ0) is 15.7. The first kappa shape index (κ1) is 14.7. The van der Waals surface area contributed by atoms with Crippen molar-refractivity contribution in [3.63, 3.8) is 0 Å². The zero-order valence-electron chi connectivity index (χ0n) is 13.1. The maximum atomic E-state index is 12.2. The smallest absolute Gasteiger partial charge is 0.321 e. The van der Waals surface area contributed by atoms with E-state index in [-0.39, 0.29) is 11.4 Å². The van der Waals surface area contributed by atoms with Crippen LogP contribution in [-0.2, 0) is 18.3 Å². The molecule has 0 saturated heterocycles. The van der Waals surface area contributed by atoms with Crippen molar-refractivity contribution in [2.24, 2.45) is 0 Å². The SMILES string of the molecule is O=C(NCC1(c2ccccc2)CC1)Nc1nc2c(s1)CCCC2. The number of fused-ring (bicyclic) bond motifs is 1. The quantitative estimate of drug-likeness (QED) is 0.895. The molecule has 120 valence electrons. The van der Waals surface area contributed by atoms with E-state index in [0.717, 1.165) is 30.8 Å². The van der Waals surface area contributed by atoms with E-state index >= 15 is 0 Å². The maximum absolute atomic E-state index is 12.2. The predicted molar refractivity (Wildman–Crippen MR) is 93.1 cm³/mol. The molecule has 2 N–H and O–H groups in total. The molecular weight excluding hydrogens is 306 g/mol. The molecule has 2 amide bonds. The van der Waals surface area contributed by atoms with Crippen molar-refractivity contribution in [2.45, 2.75) is 43.9 Å². The average Bonchev–Trinajstić information content (AvgIpc) is 3.27.